The molecule has 3 aromatic heterocycles. The fourth-order valence-corrected chi connectivity index (χ4v) is 4.02. The van der Waals surface area contributed by atoms with E-state index in [1.807, 2.05) is 39.1 Å². The second-order valence-corrected chi connectivity index (χ2v) is 8.81. The Hall–Kier alpha value is -4.31. The fraction of sp³-hybridized carbons (Fsp3) is 0.296. The van der Waals surface area contributed by atoms with Crippen LogP contribution < -0.4 is 25.7 Å². The maximum atomic E-state index is 13.8. The predicted octanol–water partition coefficient (Wildman–Crippen LogP) is 2.78. The highest BCUT2D eigenvalue weighted by molar-refractivity contribution is 5.83. The Morgan fingerprint density at radius 1 is 1.05 bits per heavy atom. The Bertz CT molecular complexity index is 1500. The topological polar surface area (TPSA) is 120 Å². The van der Waals surface area contributed by atoms with Gasteiger partial charge >= 0.3 is 0 Å². The molecule has 4 rings (SSSR count). The summed E-state index contributed by atoms with van der Waals surface area (Å²) in [5.41, 5.74) is 2.86. The first kappa shape index (κ1) is 25.8. The molecule has 10 nitrogen and oxygen atoms in total. The molecule has 1 amide bonds. The Balaban J connectivity index is 1.90. The molecular formula is C27H30N6O4. The van der Waals surface area contributed by atoms with E-state index in [1.54, 1.807) is 37.6 Å². The average molecular weight is 503 g/mol. The Morgan fingerprint density at radius 3 is 2.57 bits per heavy atom. The molecule has 37 heavy (non-hydrogen) atoms. The fourth-order valence-electron chi connectivity index (χ4n) is 4.02. The zero-order valence-electron chi connectivity index (χ0n) is 21.5. The van der Waals surface area contributed by atoms with Crippen molar-refractivity contribution in [3.8, 4) is 34.3 Å². The van der Waals surface area contributed by atoms with Crippen molar-refractivity contribution in [3.05, 3.63) is 64.6 Å². The SMILES string of the molecule is CNCc1cc(OC)cc(-c2cnc3nc(-c4cccc(OC)n4)n(CC(=O)NC(C)C)c(=O)c3c2)c1. The smallest absolute Gasteiger partial charge is 0.263 e. The van der Waals surface area contributed by atoms with Crippen LogP contribution in [0.3, 0.4) is 0 Å². The van der Waals surface area contributed by atoms with Crippen molar-refractivity contribution in [2.45, 2.75) is 33.0 Å². The van der Waals surface area contributed by atoms with Crippen LogP contribution in [0.1, 0.15) is 19.4 Å². The van der Waals surface area contributed by atoms with Gasteiger partial charge in [-0.05, 0) is 62.4 Å². The lowest BCUT2D eigenvalue weighted by Gasteiger charge is -2.15. The third-order valence-electron chi connectivity index (χ3n) is 5.64. The second-order valence-electron chi connectivity index (χ2n) is 8.81. The lowest BCUT2D eigenvalue weighted by atomic mass is 10.0. The van der Waals surface area contributed by atoms with Gasteiger partial charge in [0.2, 0.25) is 11.8 Å². The van der Waals surface area contributed by atoms with Crippen LogP contribution >= 0.6 is 0 Å². The molecule has 0 aliphatic rings. The normalized spacial score (nSPS) is 11.1. The number of amides is 1. The Morgan fingerprint density at radius 2 is 1.86 bits per heavy atom. The minimum absolute atomic E-state index is 0.0804. The maximum Gasteiger partial charge on any atom is 0.263 e. The van der Waals surface area contributed by atoms with Crippen molar-refractivity contribution < 1.29 is 14.3 Å². The van der Waals surface area contributed by atoms with Crippen LogP contribution in [-0.4, -0.2) is 52.7 Å². The summed E-state index contributed by atoms with van der Waals surface area (Å²) in [4.78, 5) is 40.1. The minimum atomic E-state index is -0.392. The van der Waals surface area contributed by atoms with Gasteiger partial charge in [0.05, 0.1) is 19.6 Å². The first-order valence-corrected chi connectivity index (χ1v) is 11.9. The highest BCUT2D eigenvalue weighted by Crippen LogP contribution is 2.28. The highest BCUT2D eigenvalue weighted by atomic mass is 16.5. The number of ether oxygens (including phenoxy) is 2. The van der Waals surface area contributed by atoms with Crippen molar-refractivity contribution in [3.63, 3.8) is 0 Å². The molecule has 10 heteroatoms. The molecule has 3 heterocycles. The molecule has 0 bridgehead atoms. The number of aromatic nitrogens is 4. The van der Waals surface area contributed by atoms with Crippen molar-refractivity contribution in [1.82, 2.24) is 30.2 Å². The summed E-state index contributed by atoms with van der Waals surface area (Å²) in [7, 11) is 4.99. The summed E-state index contributed by atoms with van der Waals surface area (Å²) >= 11 is 0. The van der Waals surface area contributed by atoms with E-state index in [4.69, 9.17) is 9.47 Å². The van der Waals surface area contributed by atoms with E-state index in [0.717, 1.165) is 16.7 Å². The number of carbonyl (C=O) groups is 1. The summed E-state index contributed by atoms with van der Waals surface area (Å²) in [6, 6.07) is 12.7. The van der Waals surface area contributed by atoms with Gasteiger partial charge in [-0.25, -0.2) is 15.0 Å². The standard InChI is InChI=1S/C27H30N6O4/c1-16(2)30-23(34)15-33-26(22-7-6-8-24(31-22)37-5)32-25-21(27(33)35)12-19(14-29-25)18-9-17(13-28-3)10-20(11-18)36-4/h6-12,14,16,28H,13,15H2,1-5H3,(H,30,34). The second kappa shape index (κ2) is 11.2. The van der Waals surface area contributed by atoms with E-state index >= 15 is 0 Å². The van der Waals surface area contributed by atoms with Gasteiger partial charge in [0.25, 0.3) is 5.56 Å². The monoisotopic (exact) mass is 502 g/mol. The molecule has 0 spiro atoms. The summed E-state index contributed by atoms with van der Waals surface area (Å²) in [5.74, 6) is 0.983. The predicted molar refractivity (Wildman–Crippen MR) is 142 cm³/mol. The van der Waals surface area contributed by atoms with E-state index in [9.17, 15) is 9.59 Å². The van der Waals surface area contributed by atoms with Crippen molar-refractivity contribution >= 4 is 16.9 Å². The molecule has 0 radical (unpaired) electrons. The number of fused-ring (bicyclic) bond motifs is 1. The van der Waals surface area contributed by atoms with Gasteiger partial charge in [0.15, 0.2) is 11.5 Å². The third-order valence-corrected chi connectivity index (χ3v) is 5.64. The number of benzene rings is 1. The summed E-state index contributed by atoms with van der Waals surface area (Å²) in [6.07, 6.45) is 1.67. The van der Waals surface area contributed by atoms with Crippen molar-refractivity contribution in [2.24, 2.45) is 0 Å². The maximum absolute atomic E-state index is 13.8. The molecule has 0 saturated heterocycles. The van der Waals surface area contributed by atoms with Crippen LogP contribution in [0.4, 0.5) is 0 Å². The molecule has 0 fully saturated rings. The Kier molecular flexibility index (Phi) is 7.78. The van der Waals surface area contributed by atoms with Crippen molar-refractivity contribution in [1.29, 1.82) is 0 Å². The van der Waals surface area contributed by atoms with Gasteiger partial charge in [0.1, 0.15) is 18.0 Å². The first-order valence-electron chi connectivity index (χ1n) is 11.9. The van der Waals surface area contributed by atoms with E-state index in [1.165, 1.54) is 11.7 Å². The number of methoxy groups -OCH3 is 2. The molecule has 4 aromatic rings. The summed E-state index contributed by atoms with van der Waals surface area (Å²) in [5, 5.41) is 6.25. The molecule has 1 aromatic carbocycles. The lowest BCUT2D eigenvalue weighted by molar-refractivity contribution is -0.122. The number of hydrogen-bond acceptors (Lipinski definition) is 8. The quantitative estimate of drug-likeness (QED) is 0.359. The number of rotatable bonds is 9. The van der Waals surface area contributed by atoms with Crippen LogP contribution in [-0.2, 0) is 17.9 Å². The van der Waals surface area contributed by atoms with Gasteiger partial charge in [-0.3, -0.25) is 14.2 Å². The molecule has 0 atom stereocenters. The zero-order chi connectivity index (χ0) is 26.5. The molecule has 0 aliphatic heterocycles. The van der Waals surface area contributed by atoms with Crippen LogP contribution in [0.15, 0.2) is 53.5 Å². The molecule has 0 saturated carbocycles. The minimum Gasteiger partial charge on any atom is -0.497 e. The first-order chi connectivity index (χ1) is 17.8. The molecule has 2 N–H and O–H groups in total. The highest BCUT2D eigenvalue weighted by Gasteiger charge is 2.19. The summed E-state index contributed by atoms with van der Waals surface area (Å²) < 4.78 is 12.0. The number of carbonyl (C=O) groups excluding carboxylic acids is 1. The van der Waals surface area contributed by atoms with Crippen LogP contribution in [0.25, 0.3) is 33.7 Å². The van der Waals surface area contributed by atoms with Gasteiger partial charge in [-0.15, -0.1) is 0 Å². The van der Waals surface area contributed by atoms with Crippen LogP contribution in [0.2, 0.25) is 0 Å². The Labute approximate surface area is 214 Å². The van der Waals surface area contributed by atoms with Gasteiger partial charge in [-0.1, -0.05) is 6.07 Å². The van der Waals surface area contributed by atoms with Gasteiger partial charge in [-0.2, -0.15) is 0 Å². The lowest BCUT2D eigenvalue weighted by Crippen LogP contribution is -2.37. The zero-order valence-corrected chi connectivity index (χ0v) is 21.5. The van der Waals surface area contributed by atoms with E-state index in [2.05, 4.69) is 25.6 Å². The largest absolute Gasteiger partial charge is 0.497 e. The molecule has 0 unspecified atom stereocenters. The number of hydrogen-bond donors (Lipinski definition) is 2. The average Bonchev–Trinajstić information content (AvgIpc) is 2.89. The van der Waals surface area contributed by atoms with E-state index < -0.39 is 5.56 Å². The number of pyridine rings is 2. The van der Waals surface area contributed by atoms with E-state index in [0.29, 0.717) is 29.3 Å². The number of nitrogens with zero attached hydrogens (tertiary/aromatic N) is 4. The van der Waals surface area contributed by atoms with Gasteiger partial charge < -0.3 is 20.1 Å². The van der Waals surface area contributed by atoms with E-state index in [-0.39, 0.29) is 30.0 Å². The van der Waals surface area contributed by atoms with Crippen molar-refractivity contribution in [2.75, 3.05) is 21.3 Å². The molecular weight excluding hydrogens is 472 g/mol. The van der Waals surface area contributed by atoms with Crippen LogP contribution in [0, 0.1) is 0 Å². The van der Waals surface area contributed by atoms with Gasteiger partial charge in [0, 0.05) is 30.4 Å². The number of nitrogens with one attached hydrogen (secondary N) is 2. The molecule has 192 valence electrons. The molecule has 0 aliphatic carbocycles. The third kappa shape index (κ3) is 5.75. The van der Waals surface area contributed by atoms with Crippen LogP contribution in [0.5, 0.6) is 11.6 Å². The summed E-state index contributed by atoms with van der Waals surface area (Å²) in [6.45, 7) is 4.15.